The molecular formula is C21H29N2OS2+. The molecule has 2 atom stereocenters. The first-order valence-corrected chi connectivity index (χ1v) is 11.3. The molecule has 5 heteroatoms. The molecule has 1 aliphatic heterocycles. The number of benzene rings is 1. The molecule has 1 aliphatic rings. The third-order valence-corrected chi connectivity index (χ3v) is 7.24. The monoisotopic (exact) mass is 389 g/mol. The molecule has 26 heavy (non-hydrogen) atoms. The van der Waals surface area contributed by atoms with Crippen molar-refractivity contribution in [3.63, 3.8) is 0 Å². The molecule has 1 amide bonds. The van der Waals surface area contributed by atoms with Gasteiger partial charge in [-0.05, 0) is 43.8 Å². The number of thiophene rings is 1. The van der Waals surface area contributed by atoms with E-state index >= 15 is 0 Å². The zero-order valence-electron chi connectivity index (χ0n) is 15.9. The average molecular weight is 390 g/mol. The van der Waals surface area contributed by atoms with Gasteiger partial charge in [-0.15, -0.1) is 23.1 Å². The van der Waals surface area contributed by atoms with E-state index in [4.69, 9.17) is 0 Å². The van der Waals surface area contributed by atoms with Gasteiger partial charge in [-0.1, -0.05) is 23.8 Å². The Balaban J connectivity index is 1.60. The number of hydrogen-bond acceptors (Lipinski definition) is 3. The lowest BCUT2D eigenvalue weighted by molar-refractivity contribution is -0.920. The van der Waals surface area contributed by atoms with Gasteiger partial charge in [0.1, 0.15) is 6.04 Å². The van der Waals surface area contributed by atoms with E-state index < -0.39 is 0 Å². The second-order valence-electron chi connectivity index (χ2n) is 7.27. The Hall–Kier alpha value is -1.30. The molecule has 0 radical (unpaired) electrons. The van der Waals surface area contributed by atoms with Crippen LogP contribution in [0, 0.1) is 13.8 Å². The second-order valence-corrected chi connectivity index (χ2v) is 9.27. The highest BCUT2D eigenvalue weighted by molar-refractivity contribution is 8.00. The molecule has 0 aliphatic carbocycles. The van der Waals surface area contributed by atoms with Gasteiger partial charge in [0.25, 0.3) is 0 Å². The van der Waals surface area contributed by atoms with Gasteiger partial charge in [-0.25, -0.2) is 0 Å². The maximum Gasteiger partial charge on any atom is 0.230 e. The van der Waals surface area contributed by atoms with Crippen LogP contribution in [0.15, 0.2) is 40.6 Å². The first-order chi connectivity index (χ1) is 12.5. The highest BCUT2D eigenvalue weighted by atomic mass is 32.2. The zero-order valence-corrected chi connectivity index (χ0v) is 17.5. The summed E-state index contributed by atoms with van der Waals surface area (Å²) in [5.74, 6) is 0.602. The van der Waals surface area contributed by atoms with Crippen LogP contribution < -0.4 is 10.2 Å². The summed E-state index contributed by atoms with van der Waals surface area (Å²) < 4.78 is 0. The maximum atomic E-state index is 12.6. The fourth-order valence-electron chi connectivity index (χ4n) is 3.79. The standard InChI is InChI=1S/C21H28N2OS2/c1-15-8-9-16(2)19(13-15)26-14-20(24)22-17(3)21(18-7-6-12-25-18)23-10-4-5-11-23/h6-9,12-13,17,21H,4-5,10-11,14H2,1-3H3,(H,22,24)/p+1/t17-,21+/m1/s1. The summed E-state index contributed by atoms with van der Waals surface area (Å²) in [6.45, 7) is 8.78. The van der Waals surface area contributed by atoms with Gasteiger partial charge in [0, 0.05) is 17.7 Å². The predicted octanol–water partition coefficient (Wildman–Crippen LogP) is 3.38. The number of likely N-dealkylation sites (tertiary alicyclic amines) is 1. The number of thioether (sulfide) groups is 1. The lowest BCUT2D eigenvalue weighted by Crippen LogP contribution is -3.11. The third kappa shape index (κ3) is 4.90. The zero-order chi connectivity index (χ0) is 18.5. The Labute approximate surface area is 165 Å². The largest absolute Gasteiger partial charge is 0.347 e. The lowest BCUT2D eigenvalue weighted by Gasteiger charge is -2.29. The van der Waals surface area contributed by atoms with Crippen LogP contribution in [-0.4, -0.2) is 30.8 Å². The molecule has 2 aromatic rings. The van der Waals surface area contributed by atoms with Crippen molar-refractivity contribution in [2.75, 3.05) is 18.8 Å². The van der Waals surface area contributed by atoms with E-state index in [9.17, 15) is 4.79 Å². The van der Waals surface area contributed by atoms with Crippen LogP contribution in [0.5, 0.6) is 0 Å². The van der Waals surface area contributed by atoms with Gasteiger partial charge >= 0.3 is 0 Å². The van der Waals surface area contributed by atoms with Crippen molar-refractivity contribution in [1.82, 2.24) is 5.32 Å². The Bertz CT molecular complexity index is 724. The Morgan fingerprint density at radius 3 is 2.73 bits per heavy atom. The molecule has 2 N–H and O–H groups in total. The van der Waals surface area contributed by atoms with Gasteiger partial charge in [0.2, 0.25) is 5.91 Å². The number of nitrogens with one attached hydrogen (secondary N) is 2. The van der Waals surface area contributed by atoms with E-state index in [-0.39, 0.29) is 11.9 Å². The molecule has 3 rings (SSSR count). The first-order valence-electron chi connectivity index (χ1n) is 9.42. The number of quaternary nitrogens is 1. The Morgan fingerprint density at radius 2 is 2.04 bits per heavy atom. The van der Waals surface area contributed by atoms with E-state index in [0.29, 0.717) is 11.8 Å². The maximum absolute atomic E-state index is 12.6. The molecule has 0 unspecified atom stereocenters. The normalized spacial score (nSPS) is 17.2. The molecule has 0 saturated carbocycles. The minimum absolute atomic E-state index is 0.128. The summed E-state index contributed by atoms with van der Waals surface area (Å²) in [6.07, 6.45) is 2.58. The van der Waals surface area contributed by atoms with Gasteiger partial charge in [0.05, 0.1) is 29.8 Å². The molecule has 1 saturated heterocycles. The number of carbonyl (C=O) groups is 1. The molecule has 0 bridgehead atoms. The summed E-state index contributed by atoms with van der Waals surface area (Å²) >= 11 is 3.45. The van der Waals surface area contributed by atoms with E-state index in [0.717, 1.165) is 0 Å². The molecule has 1 fully saturated rings. The highest BCUT2D eigenvalue weighted by Gasteiger charge is 2.33. The Morgan fingerprint density at radius 1 is 1.27 bits per heavy atom. The fraction of sp³-hybridized carbons (Fsp3) is 0.476. The molecule has 3 nitrogen and oxygen atoms in total. The molecule has 140 valence electrons. The smallest absolute Gasteiger partial charge is 0.230 e. The van der Waals surface area contributed by atoms with Crippen molar-refractivity contribution in [1.29, 1.82) is 0 Å². The van der Waals surface area contributed by atoms with E-state index in [1.807, 2.05) is 11.3 Å². The minimum atomic E-state index is 0.128. The van der Waals surface area contributed by atoms with Gasteiger partial charge < -0.3 is 10.2 Å². The van der Waals surface area contributed by atoms with Crippen molar-refractivity contribution in [3.8, 4) is 0 Å². The minimum Gasteiger partial charge on any atom is -0.347 e. The van der Waals surface area contributed by atoms with Crippen LogP contribution in [0.3, 0.4) is 0 Å². The highest BCUT2D eigenvalue weighted by Crippen LogP contribution is 2.24. The SMILES string of the molecule is Cc1ccc(C)c(SCC(=O)N[C@H](C)[C@@H](c2cccs2)[NH+]2CCCC2)c1. The first kappa shape index (κ1) is 19.5. The average Bonchev–Trinajstić information content (AvgIpc) is 3.30. The van der Waals surface area contributed by atoms with E-state index in [1.165, 1.54) is 46.8 Å². The van der Waals surface area contributed by atoms with Crippen molar-refractivity contribution in [2.24, 2.45) is 0 Å². The van der Waals surface area contributed by atoms with Gasteiger partial charge in [-0.2, -0.15) is 0 Å². The summed E-state index contributed by atoms with van der Waals surface area (Å²) in [7, 11) is 0. The molecule has 1 aromatic carbocycles. The van der Waals surface area contributed by atoms with Crippen LogP contribution in [0.2, 0.25) is 0 Å². The van der Waals surface area contributed by atoms with Crippen LogP contribution in [0.25, 0.3) is 0 Å². The van der Waals surface area contributed by atoms with Crippen LogP contribution in [-0.2, 0) is 4.79 Å². The predicted molar refractivity (Wildman–Crippen MR) is 111 cm³/mol. The summed E-state index contributed by atoms with van der Waals surface area (Å²) in [4.78, 5) is 16.8. The third-order valence-electron chi connectivity index (χ3n) is 5.13. The van der Waals surface area contributed by atoms with Gasteiger partial charge in [-0.3, -0.25) is 4.79 Å². The summed E-state index contributed by atoms with van der Waals surface area (Å²) in [5, 5.41) is 5.42. The van der Waals surface area contributed by atoms with Crippen molar-refractivity contribution >= 4 is 29.0 Å². The molecular weight excluding hydrogens is 360 g/mol. The molecule has 0 spiro atoms. The lowest BCUT2D eigenvalue weighted by atomic mass is 10.1. The number of hydrogen-bond donors (Lipinski definition) is 2. The molecule has 2 heterocycles. The van der Waals surface area contributed by atoms with Crippen molar-refractivity contribution < 1.29 is 9.69 Å². The molecule has 1 aromatic heterocycles. The van der Waals surface area contributed by atoms with Crippen LogP contribution in [0.1, 0.15) is 41.8 Å². The fourth-order valence-corrected chi connectivity index (χ4v) is 5.72. The second kappa shape index (κ2) is 9.07. The van der Waals surface area contributed by atoms with Crippen LogP contribution in [0.4, 0.5) is 0 Å². The van der Waals surface area contributed by atoms with Crippen molar-refractivity contribution in [2.45, 2.75) is 50.6 Å². The number of amides is 1. The number of aryl methyl sites for hydroxylation is 2. The Kier molecular flexibility index (Phi) is 6.79. The number of carbonyl (C=O) groups excluding carboxylic acids is 1. The number of rotatable bonds is 7. The van der Waals surface area contributed by atoms with Crippen molar-refractivity contribution in [3.05, 3.63) is 51.7 Å². The topological polar surface area (TPSA) is 33.5 Å². The summed E-state index contributed by atoms with van der Waals surface area (Å²) in [5.41, 5.74) is 2.47. The van der Waals surface area contributed by atoms with E-state index in [2.05, 4.69) is 61.8 Å². The van der Waals surface area contributed by atoms with Crippen LogP contribution >= 0.6 is 23.1 Å². The van der Waals surface area contributed by atoms with E-state index in [1.54, 1.807) is 16.7 Å². The summed E-state index contributed by atoms with van der Waals surface area (Å²) in [6, 6.07) is 11.3. The van der Waals surface area contributed by atoms with Gasteiger partial charge in [0.15, 0.2) is 0 Å². The quantitative estimate of drug-likeness (QED) is 0.712.